The molecule has 200 valence electrons. The Morgan fingerprint density at radius 3 is 2.68 bits per heavy atom. The molecule has 3 aliphatic heterocycles. The van der Waals surface area contributed by atoms with Crippen LogP contribution >= 0.6 is 0 Å². The van der Waals surface area contributed by atoms with Gasteiger partial charge in [-0.05, 0) is 57.6 Å². The van der Waals surface area contributed by atoms with Gasteiger partial charge in [0.2, 0.25) is 5.95 Å². The Bertz CT molecular complexity index is 1310. The average Bonchev–Trinajstić information content (AvgIpc) is 3.16. The predicted octanol–water partition coefficient (Wildman–Crippen LogP) is 4.15. The second kappa shape index (κ2) is 9.80. The maximum atomic E-state index is 6.34. The van der Waals surface area contributed by atoms with Gasteiger partial charge in [0.1, 0.15) is 11.6 Å². The molecule has 5 heterocycles. The van der Waals surface area contributed by atoms with Crippen molar-refractivity contribution in [3.05, 3.63) is 59.9 Å². The van der Waals surface area contributed by atoms with Crippen LogP contribution in [-0.4, -0.2) is 66.6 Å². The molecule has 0 aliphatic carbocycles. The third-order valence-corrected chi connectivity index (χ3v) is 7.98. The van der Waals surface area contributed by atoms with Gasteiger partial charge < -0.3 is 29.9 Å². The summed E-state index contributed by atoms with van der Waals surface area (Å²) in [5.41, 5.74) is 3.76. The summed E-state index contributed by atoms with van der Waals surface area (Å²) in [7, 11) is 1.94. The van der Waals surface area contributed by atoms with Crippen molar-refractivity contribution >= 4 is 29.0 Å². The maximum absolute atomic E-state index is 6.34. The van der Waals surface area contributed by atoms with Gasteiger partial charge in [-0.15, -0.1) is 0 Å². The molecule has 0 saturated carbocycles. The van der Waals surface area contributed by atoms with Crippen LogP contribution in [0.15, 0.2) is 48.7 Å². The van der Waals surface area contributed by atoms with E-state index in [9.17, 15) is 0 Å². The second-order valence-corrected chi connectivity index (χ2v) is 11.3. The molecule has 2 N–H and O–H groups in total. The molecule has 1 aromatic carbocycles. The minimum atomic E-state index is -0.236. The van der Waals surface area contributed by atoms with Gasteiger partial charge in [-0.1, -0.05) is 19.1 Å². The largest absolute Gasteiger partial charge is 0.378 e. The molecule has 2 aromatic heterocycles. The highest BCUT2D eigenvalue weighted by atomic mass is 16.5. The fourth-order valence-electron chi connectivity index (χ4n) is 5.87. The van der Waals surface area contributed by atoms with Crippen LogP contribution in [0.3, 0.4) is 0 Å². The Morgan fingerprint density at radius 2 is 1.87 bits per heavy atom. The molecule has 9 nitrogen and oxygen atoms in total. The normalized spacial score (nSPS) is 24.2. The monoisotopic (exact) mass is 515 g/mol. The van der Waals surface area contributed by atoms with Crippen molar-refractivity contribution in [3.8, 4) is 0 Å². The number of nitrogens with one attached hydrogen (secondary N) is 2. The lowest BCUT2D eigenvalue weighted by Gasteiger charge is -2.46. The van der Waals surface area contributed by atoms with E-state index in [0.29, 0.717) is 19.1 Å². The van der Waals surface area contributed by atoms with E-state index in [2.05, 4.69) is 83.7 Å². The lowest BCUT2D eigenvalue weighted by molar-refractivity contribution is -0.0893. The smallest absolute Gasteiger partial charge is 0.229 e. The van der Waals surface area contributed by atoms with Crippen molar-refractivity contribution in [2.24, 2.45) is 0 Å². The van der Waals surface area contributed by atoms with Crippen LogP contribution in [0.1, 0.15) is 38.4 Å². The quantitative estimate of drug-likeness (QED) is 0.503. The van der Waals surface area contributed by atoms with Gasteiger partial charge in [-0.25, -0.2) is 9.97 Å². The number of aromatic nitrogens is 3. The molecule has 6 rings (SSSR count). The SMILES string of the molecule is CNCc1cccc(N2c3nc(Nc4cccc(N5CCOCC5)c4)ncc3[C@]3(C)COC(C)(C)C[C@H]23)n1. The van der Waals surface area contributed by atoms with E-state index in [-0.39, 0.29) is 17.1 Å². The average molecular weight is 516 g/mol. The van der Waals surface area contributed by atoms with Crippen molar-refractivity contribution in [3.63, 3.8) is 0 Å². The number of anilines is 5. The molecule has 2 fully saturated rings. The van der Waals surface area contributed by atoms with E-state index >= 15 is 0 Å². The van der Waals surface area contributed by atoms with Crippen molar-refractivity contribution < 1.29 is 9.47 Å². The van der Waals surface area contributed by atoms with E-state index in [1.165, 1.54) is 5.69 Å². The molecule has 0 unspecified atom stereocenters. The zero-order chi connectivity index (χ0) is 26.3. The van der Waals surface area contributed by atoms with E-state index in [0.717, 1.165) is 61.3 Å². The molecular formula is C29H37N7O2. The second-order valence-electron chi connectivity index (χ2n) is 11.3. The number of rotatable bonds is 6. The fraction of sp³-hybridized carbons (Fsp3) is 0.483. The van der Waals surface area contributed by atoms with Gasteiger partial charge >= 0.3 is 0 Å². The van der Waals surface area contributed by atoms with Gasteiger partial charge in [0.15, 0.2) is 0 Å². The van der Waals surface area contributed by atoms with Gasteiger partial charge in [0, 0.05) is 48.2 Å². The van der Waals surface area contributed by atoms with E-state index in [4.69, 9.17) is 24.4 Å². The molecule has 0 spiro atoms. The van der Waals surface area contributed by atoms with Gasteiger partial charge in [0.25, 0.3) is 0 Å². The van der Waals surface area contributed by atoms with E-state index < -0.39 is 0 Å². The highest BCUT2D eigenvalue weighted by molar-refractivity contribution is 5.71. The number of morpholine rings is 1. The Kier molecular flexibility index (Phi) is 6.45. The lowest BCUT2D eigenvalue weighted by Crippen LogP contribution is -2.54. The molecule has 0 radical (unpaired) electrons. The summed E-state index contributed by atoms with van der Waals surface area (Å²) in [5.74, 6) is 2.38. The first-order valence-corrected chi connectivity index (χ1v) is 13.5. The number of nitrogens with zero attached hydrogens (tertiary/aromatic N) is 5. The number of ether oxygens (including phenoxy) is 2. The van der Waals surface area contributed by atoms with Crippen LogP contribution in [0.2, 0.25) is 0 Å². The summed E-state index contributed by atoms with van der Waals surface area (Å²) in [5, 5.41) is 6.67. The molecule has 38 heavy (non-hydrogen) atoms. The van der Waals surface area contributed by atoms with Crippen LogP contribution in [0, 0.1) is 0 Å². The minimum absolute atomic E-state index is 0.160. The van der Waals surface area contributed by atoms with Crippen molar-refractivity contribution in [2.75, 3.05) is 55.1 Å². The van der Waals surface area contributed by atoms with Crippen LogP contribution in [0.25, 0.3) is 0 Å². The number of fused-ring (bicyclic) bond motifs is 3. The lowest BCUT2D eigenvalue weighted by atomic mass is 9.73. The van der Waals surface area contributed by atoms with Gasteiger partial charge in [0.05, 0.1) is 37.2 Å². The number of benzene rings is 1. The summed E-state index contributed by atoms with van der Waals surface area (Å²) in [6.45, 7) is 11.2. The summed E-state index contributed by atoms with van der Waals surface area (Å²) < 4.78 is 11.9. The first-order chi connectivity index (χ1) is 18.4. The summed E-state index contributed by atoms with van der Waals surface area (Å²) in [6, 6.07) is 14.8. The Hall–Kier alpha value is -3.27. The first kappa shape index (κ1) is 25.0. The summed E-state index contributed by atoms with van der Waals surface area (Å²) in [6.07, 6.45) is 2.84. The standard InChI is InChI=1S/C29H37N7O2/c1-28(2)16-24-29(3,19-38-28)23-18-31-27(33-20-7-5-9-22(15-20)35-11-13-37-14-12-35)34-26(23)36(24)25-10-6-8-21(32-25)17-30-4/h5-10,15,18,24,30H,11-14,16-17,19H2,1-4H3,(H,31,33,34)/t24-,29-/m0/s1. The van der Waals surface area contributed by atoms with Crippen LogP contribution in [0.4, 0.5) is 29.0 Å². The molecule has 2 atom stereocenters. The topological polar surface area (TPSA) is 87.7 Å². The molecule has 9 heteroatoms. The molecule has 2 saturated heterocycles. The van der Waals surface area contributed by atoms with Crippen molar-refractivity contribution in [1.82, 2.24) is 20.3 Å². The van der Waals surface area contributed by atoms with Gasteiger partial charge in [-0.3, -0.25) is 0 Å². The molecular weight excluding hydrogens is 478 g/mol. The number of hydrogen-bond acceptors (Lipinski definition) is 9. The van der Waals surface area contributed by atoms with Gasteiger partial charge in [-0.2, -0.15) is 4.98 Å². The van der Waals surface area contributed by atoms with Crippen molar-refractivity contribution in [1.29, 1.82) is 0 Å². The third-order valence-electron chi connectivity index (χ3n) is 7.98. The van der Waals surface area contributed by atoms with Crippen LogP contribution in [0.5, 0.6) is 0 Å². The Labute approximate surface area is 224 Å². The molecule has 0 amide bonds. The highest BCUT2D eigenvalue weighted by Crippen LogP contribution is 2.52. The van der Waals surface area contributed by atoms with Crippen LogP contribution in [-0.2, 0) is 21.4 Å². The predicted molar refractivity (Wildman–Crippen MR) is 150 cm³/mol. The highest BCUT2D eigenvalue weighted by Gasteiger charge is 2.55. The number of pyridine rings is 1. The molecule has 3 aliphatic rings. The Morgan fingerprint density at radius 1 is 1.05 bits per heavy atom. The molecule has 3 aromatic rings. The summed E-state index contributed by atoms with van der Waals surface area (Å²) in [4.78, 5) is 19.5. The zero-order valence-electron chi connectivity index (χ0n) is 22.7. The third kappa shape index (κ3) is 4.59. The Balaban J connectivity index is 1.37. The molecule has 0 bridgehead atoms. The minimum Gasteiger partial charge on any atom is -0.378 e. The van der Waals surface area contributed by atoms with Crippen molar-refractivity contribution in [2.45, 2.75) is 50.8 Å². The fourth-order valence-corrected chi connectivity index (χ4v) is 5.87. The van der Waals surface area contributed by atoms with E-state index in [1.807, 2.05) is 13.2 Å². The summed E-state index contributed by atoms with van der Waals surface area (Å²) >= 11 is 0. The maximum Gasteiger partial charge on any atom is 0.229 e. The van der Waals surface area contributed by atoms with Crippen LogP contribution < -0.4 is 20.4 Å². The number of hydrogen-bond donors (Lipinski definition) is 2. The zero-order valence-corrected chi connectivity index (χ0v) is 22.7. The first-order valence-electron chi connectivity index (χ1n) is 13.5. The van der Waals surface area contributed by atoms with E-state index in [1.54, 1.807) is 0 Å².